The maximum absolute atomic E-state index is 5.43. The average Bonchev–Trinajstić information content (AvgIpc) is 2.70. The van der Waals surface area contributed by atoms with Gasteiger partial charge in [0, 0.05) is 44.0 Å². The second kappa shape index (κ2) is 7.91. The van der Waals surface area contributed by atoms with Crippen LogP contribution >= 0.6 is 0 Å². The summed E-state index contributed by atoms with van der Waals surface area (Å²) >= 11 is 0. The quantitative estimate of drug-likeness (QED) is 0.912. The summed E-state index contributed by atoms with van der Waals surface area (Å²) in [4.78, 5) is 13.6. The van der Waals surface area contributed by atoms with E-state index in [9.17, 15) is 0 Å². The number of ether oxygens (including phenoxy) is 1. The molecule has 3 heterocycles. The van der Waals surface area contributed by atoms with E-state index in [0.717, 1.165) is 51.0 Å². The fourth-order valence-electron chi connectivity index (χ4n) is 3.69. The normalized spacial score (nSPS) is 20.9. The molecule has 4 rings (SSSR count). The van der Waals surface area contributed by atoms with Crippen molar-refractivity contribution in [3.63, 3.8) is 0 Å². The number of nitrogens with zero attached hydrogens (tertiary/aromatic N) is 4. The number of anilines is 3. The Bertz CT molecular complexity index is 714. The van der Waals surface area contributed by atoms with E-state index in [2.05, 4.69) is 62.3 Å². The minimum Gasteiger partial charge on any atom is -0.378 e. The van der Waals surface area contributed by atoms with Crippen molar-refractivity contribution in [2.75, 3.05) is 54.5 Å². The van der Waals surface area contributed by atoms with Crippen LogP contribution in [-0.4, -0.2) is 55.4 Å². The average molecular weight is 353 g/mol. The van der Waals surface area contributed by atoms with Gasteiger partial charge < -0.3 is 19.9 Å². The van der Waals surface area contributed by atoms with E-state index in [1.807, 2.05) is 0 Å². The van der Waals surface area contributed by atoms with Gasteiger partial charge in [0.15, 0.2) is 0 Å². The highest BCUT2D eigenvalue weighted by atomic mass is 16.5. The number of nitrogens with one attached hydrogen (secondary N) is 1. The largest absolute Gasteiger partial charge is 0.378 e. The molecule has 26 heavy (non-hydrogen) atoms. The summed E-state index contributed by atoms with van der Waals surface area (Å²) in [6.07, 6.45) is 4.01. The zero-order valence-electron chi connectivity index (χ0n) is 15.4. The molecule has 0 aliphatic carbocycles. The van der Waals surface area contributed by atoms with Crippen LogP contribution in [0.4, 0.5) is 17.3 Å². The fourth-order valence-corrected chi connectivity index (χ4v) is 3.69. The smallest absolute Gasteiger partial charge is 0.134 e. The van der Waals surface area contributed by atoms with Gasteiger partial charge in [0.1, 0.15) is 18.0 Å². The third-order valence-electron chi connectivity index (χ3n) is 5.16. The van der Waals surface area contributed by atoms with Crippen LogP contribution in [0.15, 0.2) is 36.7 Å². The minimum atomic E-state index is 0.400. The molecule has 0 saturated carbocycles. The Morgan fingerprint density at radius 1 is 1.04 bits per heavy atom. The summed E-state index contributed by atoms with van der Waals surface area (Å²) in [6, 6.07) is 11.3. The first kappa shape index (κ1) is 17.1. The summed E-state index contributed by atoms with van der Waals surface area (Å²) < 4.78 is 5.43. The molecule has 0 unspecified atom stereocenters. The molecule has 2 aliphatic rings. The summed E-state index contributed by atoms with van der Waals surface area (Å²) in [6.45, 7) is 7.56. The molecule has 2 fully saturated rings. The van der Waals surface area contributed by atoms with Gasteiger partial charge in [-0.1, -0.05) is 17.7 Å². The van der Waals surface area contributed by atoms with Crippen molar-refractivity contribution in [1.29, 1.82) is 0 Å². The summed E-state index contributed by atoms with van der Waals surface area (Å²) in [5, 5.41) is 3.62. The number of aryl methyl sites for hydroxylation is 1. The van der Waals surface area contributed by atoms with Crippen molar-refractivity contribution < 1.29 is 4.74 Å². The van der Waals surface area contributed by atoms with Gasteiger partial charge >= 0.3 is 0 Å². The molecule has 0 amide bonds. The van der Waals surface area contributed by atoms with E-state index in [0.29, 0.717) is 6.04 Å². The fraction of sp³-hybridized carbons (Fsp3) is 0.500. The van der Waals surface area contributed by atoms with Crippen LogP contribution in [-0.2, 0) is 4.74 Å². The van der Waals surface area contributed by atoms with Gasteiger partial charge in [-0.05, 0) is 31.9 Å². The zero-order chi connectivity index (χ0) is 17.8. The third-order valence-corrected chi connectivity index (χ3v) is 5.16. The van der Waals surface area contributed by atoms with Crippen molar-refractivity contribution in [2.45, 2.75) is 25.8 Å². The molecule has 1 N–H and O–H groups in total. The zero-order valence-corrected chi connectivity index (χ0v) is 15.4. The Morgan fingerprint density at radius 3 is 2.65 bits per heavy atom. The Morgan fingerprint density at radius 2 is 1.85 bits per heavy atom. The number of rotatable bonds is 4. The minimum absolute atomic E-state index is 0.400. The number of piperidine rings is 1. The summed E-state index contributed by atoms with van der Waals surface area (Å²) in [5.41, 5.74) is 2.61. The molecule has 6 nitrogen and oxygen atoms in total. The van der Waals surface area contributed by atoms with E-state index >= 15 is 0 Å². The van der Waals surface area contributed by atoms with Gasteiger partial charge in [-0.2, -0.15) is 0 Å². The molecule has 0 spiro atoms. The topological polar surface area (TPSA) is 53.5 Å². The predicted molar refractivity (Wildman–Crippen MR) is 105 cm³/mol. The van der Waals surface area contributed by atoms with E-state index < -0.39 is 0 Å². The number of morpholine rings is 1. The van der Waals surface area contributed by atoms with Crippen molar-refractivity contribution in [3.05, 3.63) is 42.2 Å². The Balaban J connectivity index is 1.41. The number of hydrogen-bond acceptors (Lipinski definition) is 6. The first-order valence-corrected chi connectivity index (χ1v) is 9.51. The maximum Gasteiger partial charge on any atom is 0.134 e. The van der Waals surface area contributed by atoms with Crippen LogP contribution in [0.5, 0.6) is 0 Å². The van der Waals surface area contributed by atoms with Crippen LogP contribution in [0.3, 0.4) is 0 Å². The van der Waals surface area contributed by atoms with Gasteiger partial charge in [0.2, 0.25) is 0 Å². The Labute approximate surface area is 155 Å². The van der Waals surface area contributed by atoms with Gasteiger partial charge in [0.05, 0.1) is 13.2 Å². The van der Waals surface area contributed by atoms with Crippen LogP contribution in [0.2, 0.25) is 0 Å². The van der Waals surface area contributed by atoms with E-state index in [1.54, 1.807) is 6.33 Å². The molecule has 2 saturated heterocycles. The molecule has 2 aliphatic heterocycles. The Kier molecular flexibility index (Phi) is 5.20. The number of benzene rings is 1. The lowest BCUT2D eigenvalue weighted by molar-refractivity contribution is 0.122. The van der Waals surface area contributed by atoms with Gasteiger partial charge in [-0.15, -0.1) is 0 Å². The summed E-state index contributed by atoms with van der Waals surface area (Å²) in [5.74, 6) is 1.90. The maximum atomic E-state index is 5.43. The first-order valence-electron chi connectivity index (χ1n) is 9.51. The van der Waals surface area contributed by atoms with Crippen LogP contribution in [0.25, 0.3) is 0 Å². The highest BCUT2D eigenvalue weighted by molar-refractivity contribution is 5.51. The highest BCUT2D eigenvalue weighted by Crippen LogP contribution is 2.23. The van der Waals surface area contributed by atoms with Gasteiger partial charge in [0.25, 0.3) is 0 Å². The van der Waals surface area contributed by atoms with Crippen LogP contribution in [0.1, 0.15) is 18.4 Å². The highest BCUT2D eigenvalue weighted by Gasteiger charge is 2.21. The predicted octanol–water partition coefficient (Wildman–Crippen LogP) is 2.70. The molecular weight excluding hydrogens is 326 g/mol. The lowest BCUT2D eigenvalue weighted by atomic mass is 10.0. The molecule has 138 valence electrons. The molecule has 0 radical (unpaired) electrons. The van der Waals surface area contributed by atoms with E-state index in [1.165, 1.54) is 24.1 Å². The Hall–Kier alpha value is -2.34. The molecule has 1 aromatic carbocycles. The third kappa shape index (κ3) is 4.07. The summed E-state index contributed by atoms with van der Waals surface area (Å²) in [7, 11) is 0. The van der Waals surface area contributed by atoms with Crippen molar-refractivity contribution in [2.24, 2.45) is 0 Å². The van der Waals surface area contributed by atoms with E-state index in [4.69, 9.17) is 4.74 Å². The molecular formula is C20H27N5O. The number of hydrogen-bond donors (Lipinski definition) is 1. The van der Waals surface area contributed by atoms with Crippen molar-refractivity contribution >= 4 is 17.3 Å². The molecule has 2 aromatic rings. The lowest BCUT2D eigenvalue weighted by Crippen LogP contribution is -2.42. The first-order chi connectivity index (χ1) is 12.8. The van der Waals surface area contributed by atoms with E-state index in [-0.39, 0.29) is 0 Å². The van der Waals surface area contributed by atoms with Crippen LogP contribution in [0, 0.1) is 6.92 Å². The second-order valence-electron chi connectivity index (χ2n) is 7.13. The molecule has 6 heteroatoms. The monoisotopic (exact) mass is 353 g/mol. The van der Waals surface area contributed by atoms with Gasteiger partial charge in [-0.3, -0.25) is 0 Å². The molecule has 0 bridgehead atoms. The number of aromatic nitrogens is 2. The lowest BCUT2D eigenvalue weighted by Gasteiger charge is -2.35. The standard InChI is InChI=1S/C20H27N5O/c1-16-4-6-18(7-5-16)25-8-2-3-17(14-25)23-19-13-20(22-15-21-19)24-9-11-26-12-10-24/h4-7,13,15,17H,2-3,8-12,14H2,1H3,(H,21,22,23)/t17-/m1/s1. The second-order valence-corrected chi connectivity index (χ2v) is 7.13. The molecule has 1 aromatic heterocycles. The van der Waals surface area contributed by atoms with Crippen molar-refractivity contribution in [1.82, 2.24) is 9.97 Å². The van der Waals surface area contributed by atoms with Gasteiger partial charge in [-0.25, -0.2) is 9.97 Å². The van der Waals surface area contributed by atoms with Crippen molar-refractivity contribution in [3.8, 4) is 0 Å². The SMILES string of the molecule is Cc1ccc(N2CCC[C@@H](Nc3cc(N4CCOCC4)ncn3)C2)cc1. The molecule has 1 atom stereocenters. The van der Waals surface area contributed by atoms with Crippen LogP contribution < -0.4 is 15.1 Å².